The summed E-state index contributed by atoms with van der Waals surface area (Å²) in [6.45, 7) is -3.03. The van der Waals surface area contributed by atoms with E-state index in [-0.39, 0.29) is 34.2 Å². The van der Waals surface area contributed by atoms with Gasteiger partial charge in [0.15, 0.2) is 5.82 Å². The molecular formula is C25H23F5N10O3. The molecule has 0 unspecified atom stereocenters. The first kappa shape index (κ1) is 29.5. The van der Waals surface area contributed by atoms with E-state index in [0.717, 1.165) is 17.2 Å². The van der Waals surface area contributed by atoms with Gasteiger partial charge in [-0.05, 0) is 31.7 Å². The van der Waals surface area contributed by atoms with Crippen LogP contribution in [-0.2, 0) is 6.18 Å². The number of nitrogens with zero attached hydrogens (tertiary/aromatic N) is 9. The minimum Gasteiger partial charge on any atom is -0.467 e. The van der Waals surface area contributed by atoms with E-state index < -0.39 is 36.1 Å². The Kier molecular flexibility index (Phi) is 8.27. The highest BCUT2D eigenvalue weighted by Crippen LogP contribution is 2.36. The SMILES string of the molecule is COc1ncc(-c2cnc(N(C(=O)O)C3CCC(Nc4ncc(C(F)(F)F)c(-c5ccn(C(F)F)n5)n4)CC3)cn2)cn1. The highest BCUT2D eigenvalue weighted by atomic mass is 19.4. The van der Waals surface area contributed by atoms with E-state index in [1.54, 1.807) is 0 Å². The van der Waals surface area contributed by atoms with E-state index in [1.165, 1.54) is 31.9 Å². The lowest BCUT2D eigenvalue weighted by Crippen LogP contribution is -2.44. The second-order valence-corrected chi connectivity index (χ2v) is 9.43. The molecule has 4 aromatic heterocycles. The number of hydrogen-bond donors (Lipinski definition) is 2. The van der Waals surface area contributed by atoms with E-state index in [9.17, 15) is 31.9 Å². The Morgan fingerprint density at radius 1 is 1.02 bits per heavy atom. The second kappa shape index (κ2) is 12.1. The lowest BCUT2D eigenvalue weighted by atomic mass is 9.90. The Balaban J connectivity index is 1.27. The monoisotopic (exact) mass is 606 g/mol. The first-order valence-electron chi connectivity index (χ1n) is 12.8. The van der Waals surface area contributed by atoms with Crippen LogP contribution in [-0.4, -0.2) is 70.1 Å². The molecule has 226 valence electrons. The zero-order valence-corrected chi connectivity index (χ0v) is 22.3. The van der Waals surface area contributed by atoms with Gasteiger partial charge in [-0.15, -0.1) is 0 Å². The van der Waals surface area contributed by atoms with Crippen LogP contribution < -0.4 is 15.0 Å². The molecule has 43 heavy (non-hydrogen) atoms. The molecular weight excluding hydrogens is 583 g/mol. The number of nitrogens with one attached hydrogen (secondary N) is 1. The van der Waals surface area contributed by atoms with Gasteiger partial charge >= 0.3 is 24.8 Å². The number of halogens is 5. The van der Waals surface area contributed by atoms with Crippen molar-refractivity contribution in [3.8, 4) is 28.7 Å². The summed E-state index contributed by atoms with van der Waals surface area (Å²) in [7, 11) is 1.43. The third-order valence-corrected chi connectivity index (χ3v) is 6.74. The van der Waals surface area contributed by atoms with E-state index in [1.807, 2.05) is 0 Å². The zero-order chi connectivity index (χ0) is 30.7. The summed E-state index contributed by atoms with van der Waals surface area (Å²) in [5.74, 6) is -0.0156. The maximum atomic E-state index is 13.6. The van der Waals surface area contributed by atoms with E-state index in [0.29, 0.717) is 43.1 Å². The number of alkyl halides is 5. The van der Waals surface area contributed by atoms with Gasteiger partial charge in [0.1, 0.15) is 17.0 Å². The number of methoxy groups -OCH3 is 1. The topological polar surface area (TPSA) is 157 Å². The maximum absolute atomic E-state index is 13.6. The molecule has 4 aromatic rings. The Hall–Kier alpha value is -5.03. The predicted molar refractivity (Wildman–Crippen MR) is 139 cm³/mol. The van der Waals surface area contributed by atoms with Gasteiger partial charge in [0.2, 0.25) is 5.95 Å². The Morgan fingerprint density at radius 2 is 1.74 bits per heavy atom. The van der Waals surface area contributed by atoms with Crippen LogP contribution >= 0.6 is 0 Å². The zero-order valence-electron chi connectivity index (χ0n) is 22.3. The number of aromatic nitrogens is 8. The fraction of sp³-hybridized carbons (Fsp3) is 0.360. The molecule has 0 radical (unpaired) electrons. The van der Waals surface area contributed by atoms with Crippen molar-refractivity contribution in [3.05, 3.63) is 48.8 Å². The molecule has 18 heteroatoms. The Bertz CT molecular complexity index is 1560. The molecule has 0 spiro atoms. The molecule has 0 atom stereocenters. The summed E-state index contributed by atoms with van der Waals surface area (Å²) in [6, 6.07) is 0.461. The summed E-state index contributed by atoms with van der Waals surface area (Å²) in [6.07, 6.45) is 2.77. The molecule has 1 amide bonds. The van der Waals surface area contributed by atoms with Gasteiger partial charge in [0.05, 0.1) is 25.2 Å². The fourth-order valence-corrected chi connectivity index (χ4v) is 4.68. The molecule has 2 N–H and O–H groups in total. The molecule has 1 aliphatic carbocycles. The first-order chi connectivity index (χ1) is 20.5. The summed E-state index contributed by atoms with van der Waals surface area (Å²) in [5.41, 5.74) is -1.25. The highest BCUT2D eigenvalue weighted by Gasteiger charge is 2.37. The molecule has 5 rings (SSSR count). The van der Waals surface area contributed by atoms with E-state index in [4.69, 9.17) is 4.74 Å². The highest BCUT2D eigenvalue weighted by molar-refractivity contribution is 5.85. The van der Waals surface area contributed by atoms with Gasteiger partial charge < -0.3 is 15.2 Å². The second-order valence-electron chi connectivity index (χ2n) is 9.43. The average Bonchev–Trinajstić information content (AvgIpc) is 3.49. The fourth-order valence-electron chi connectivity index (χ4n) is 4.68. The molecule has 1 aliphatic rings. The van der Waals surface area contributed by atoms with Crippen molar-refractivity contribution >= 4 is 17.9 Å². The van der Waals surface area contributed by atoms with E-state index in [2.05, 4.69) is 40.3 Å². The van der Waals surface area contributed by atoms with Gasteiger partial charge in [-0.25, -0.2) is 34.4 Å². The summed E-state index contributed by atoms with van der Waals surface area (Å²) in [5, 5.41) is 16.4. The maximum Gasteiger partial charge on any atom is 0.420 e. The quantitative estimate of drug-likeness (QED) is 0.263. The van der Waals surface area contributed by atoms with E-state index >= 15 is 0 Å². The lowest BCUT2D eigenvalue weighted by molar-refractivity contribution is -0.137. The molecule has 1 saturated carbocycles. The standard InChI is InChI=1S/C25H23F5N10O3/c1-43-23-34-8-13(9-35-23)18-11-32-19(12-31-18)40(24(41)42)15-4-2-14(3-5-15)36-22-33-10-16(25(28,29)30)20(37-22)17-6-7-39(38-17)21(26)27/h6-12,14-15,21H,2-5H2,1H3,(H,41,42)(H,33,36,37). The molecule has 1 fully saturated rings. The van der Waals surface area contributed by atoms with Crippen molar-refractivity contribution in [2.24, 2.45) is 0 Å². The van der Waals surface area contributed by atoms with Crippen LogP contribution in [0.25, 0.3) is 22.6 Å². The van der Waals surface area contributed by atoms with Crippen LogP contribution in [0, 0.1) is 0 Å². The third kappa shape index (κ3) is 6.57. The van der Waals surface area contributed by atoms with Crippen molar-refractivity contribution in [2.45, 2.75) is 50.5 Å². The van der Waals surface area contributed by atoms with Crippen molar-refractivity contribution in [1.29, 1.82) is 0 Å². The number of ether oxygens (including phenoxy) is 1. The van der Waals surface area contributed by atoms with Crippen LogP contribution in [0.5, 0.6) is 6.01 Å². The number of amides is 1. The third-order valence-electron chi connectivity index (χ3n) is 6.74. The van der Waals surface area contributed by atoms with Gasteiger partial charge in [-0.2, -0.15) is 27.1 Å². The van der Waals surface area contributed by atoms with Crippen molar-refractivity contribution in [3.63, 3.8) is 0 Å². The largest absolute Gasteiger partial charge is 0.467 e. The minimum atomic E-state index is -4.84. The summed E-state index contributed by atoms with van der Waals surface area (Å²) < 4.78 is 71.9. The molecule has 4 heterocycles. The van der Waals surface area contributed by atoms with Crippen LogP contribution in [0.4, 0.5) is 38.5 Å². The smallest absolute Gasteiger partial charge is 0.420 e. The molecule has 0 saturated heterocycles. The van der Waals surface area contributed by atoms with Crippen molar-refractivity contribution in [1.82, 2.24) is 39.7 Å². The number of carbonyl (C=O) groups is 1. The van der Waals surface area contributed by atoms with Gasteiger partial charge in [-0.1, -0.05) is 0 Å². The van der Waals surface area contributed by atoms with Gasteiger partial charge in [0, 0.05) is 42.4 Å². The normalized spacial score (nSPS) is 17.1. The van der Waals surface area contributed by atoms with Gasteiger partial charge in [-0.3, -0.25) is 9.88 Å². The number of anilines is 2. The first-order valence-corrected chi connectivity index (χ1v) is 12.8. The number of rotatable bonds is 8. The van der Waals surface area contributed by atoms with Crippen LogP contribution in [0.15, 0.2) is 43.2 Å². The minimum absolute atomic E-state index is 0.126. The van der Waals surface area contributed by atoms with Gasteiger partial charge in [0.25, 0.3) is 0 Å². The Morgan fingerprint density at radius 3 is 2.30 bits per heavy atom. The molecule has 0 aliphatic heterocycles. The molecule has 0 bridgehead atoms. The van der Waals surface area contributed by atoms with Crippen molar-refractivity contribution in [2.75, 3.05) is 17.3 Å². The van der Waals surface area contributed by atoms with Crippen molar-refractivity contribution < 1.29 is 36.6 Å². The summed E-state index contributed by atoms with van der Waals surface area (Å²) >= 11 is 0. The van der Waals surface area contributed by atoms with Crippen LogP contribution in [0.1, 0.15) is 37.8 Å². The molecule has 13 nitrogen and oxygen atoms in total. The predicted octanol–water partition coefficient (Wildman–Crippen LogP) is 4.92. The van der Waals surface area contributed by atoms with Crippen LogP contribution in [0.2, 0.25) is 0 Å². The lowest BCUT2D eigenvalue weighted by Gasteiger charge is -2.34. The Labute approximate surface area is 239 Å². The summed E-state index contributed by atoms with van der Waals surface area (Å²) in [4.78, 5) is 37.6. The van der Waals surface area contributed by atoms with Crippen LogP contribution in [0.3, 0.4) is 0 Å². The molecule has 0 aromatic carbocycles. The number of hydrogen-bond acceptors (Lipinski definition) is 10. The average molecular weight is 607 g/mol. The number of carboxylic acid groups (broad SMARTS) is 1.